The number of fused-ring (bicyclic) bond motifs is 1. The summed E-state index contributed by atoms with van der Waals surface area (Å²) >= 11 is 0. The fourth-order valence-corrected chi connectivity index (χ4v) is 5.86. The Labute approximate surface area is 214 Å². The number of aliphatic hydroxyl groups is 1. The van der Waals surface area contributed by atoms with Crippen molar-refractivity contribution in [2.24, 2.45) is 0 Å². The Balaban J connectivity index is 1.33. The molecule has 2 aromatic carbocycles. The van der Waals surface area contributed by atoms with E-state index < -0.39 is 0 Å². The highest BCUT2D eigenvalue weighted by molar-refractivity contribution is 5.94. The van der Waals surface area contributed by atoms with E-state index in [0.29, 0.717) is 17.5 Å². The molecule has 0 aliphatic carbocycles. The van der Waals surface area contributed by atoms with Crippen LogP contribution in [0.4, 0.5) is 0 Å². The number of rotatable bonds is 6. The third-order valence-electron chi connectivity index (χ3n) is 7.78. The van der Waals surface area contributed by atoms with Gasteiger partial charge in [0.25, 0.3) is 5.91 Å². The highest BCUT2D eigenvalue weighted by atomic mass is 16.3. The summed E-state index contributed by atoms with van der Waals surface area (Å²) in [5, 5.41) is 10.3. The standard InChI is InChI=1S/C30H36N4O2/c1-32(2)30(36)26-11-7-24(8-12-26)23-5-9-25(10-6-23)29-27-20-33(19-22-13-15-31-16-14-22)17-3-4-18-34(27)28(29)21-35/h5-16,27-29,35H,3-4,17-21H2,1-2H3/t27-,28-,29-/m0/s1. The summed E-state index contributed by atoms with van der Waals surface area (Å²) in [6.07, 6.45) is 6.09. The number of aliphatic hydroxyl groups excluding tert-OH is 1. The highest BCUT2D eigenvalue weighted by Gasteiger charge is 2.49. The molecule has 3 aromatic rings. The topological polar surface area (TPSA) is 59.9 Å². The van der Waals surface area contributed by atoms with Gasteiger partial charge in [-0.25, -0.2) is 0 Å². The molecule has 5 rings (SSSR count). The SMILES string of the molecule is CN(C)C(=O)c1ccc(-c2ccc([C@@H]3[C@H](CO)N4CCCCN(Cc5ccncc5)C[C@@H]34)cc2)cc1. The third kappa shape index (κ3) is 5.07. The molecule has 1 amide bonds. The van der Waals surface area contributed by atoms with Crippen LogP contribution in [-0.2, 0) is 6.54 Å². The van der Waals surface area contributed by atoms with Gasteiger partial charge in [-0.2, -0.15) is 0 Å². The molecule has 2 fully saturated rings. The first-order valence-electron chi connectivity index (χ1n) is 12.9. The van der Waals surface area contributed by atoms with Crippen molar-refractivity contribution in [3.8, 4) is 11.1 Å². The molecule has 2 aliphatic rings. The molecule has 1 aromatic heterocycles. The molecule has 36 heavy (non-hydrogen) atoms. The predicted octanol–water partition coefficient (Wildman–Crippen LogP) is 3.88. The monoisotopic (exact) mass is 484 g/mol. The Hall–Kier alpha value is -3.06. The van der Waals surface area contributed by atoms with E-state index in [1.807, 2.05) is 36.7 Å². The number of benzene rings is 2. The van der Waals surface area contributed by atoms with Crippen LogP contribution in [0.25, 0.3) is 11.1 Å². The number of carbonyl (C=O) groups is 1. The molecule has 2 aliphatic heterocycles. The van der Waals surface area contributed by atoms with Crippen LogP contribution in [0, 0.1) is 0 Å². The molecule has 3 atom stereocenters. The second kappa shape index (κ2) is 10.9. The molecule has 0 spiro atoms. The highest BCUT2D eigenvalue weighted by Crippen LogP contribution is 2.42. The van der Waals surface area contributed by atoms with Crippen LogP contribution in [0.2, 0.25) is 0 Å². The lowest BCUT2D eigenvalue weighted by Crippen LogP contribution is -2.67. The fourth-order valence-electron chi connectivity index (χ4n) is 5.86. The van der Waals surface area contributed by atoms with Gasteiger partial charge in [-0.05, 0) is 72.5 Å². The van der Waals surface area contributed by atoms with Crippen molar-refractivity contribution >= 4 is 5.91 Å². The van der Waals surface area contributed by atoms with Crippen molar-refractivity contribution in [2.75, 3.05) is 40.3 Å². The van der Waals surface area contributed by atoms with E-state index in [4.69, 9.17) is 0 Å². The summed E-state index contributed by atoms with van der Waals surface area (Å²) in [4.78, 5) is 23.0. The van der Waals surface area contributed by atoms with E-state index >= 15 is 0 Å². The van der Waals surface area contributed by atoms with Crippen LogP contribution in [0.5, 0.6) is 0 Å². The molecule has 0 saturated carbocycles. The zero-order valence-corrected chi connectivity index (χ0v) is 21.3. The van der Waals surface area contributed by atoms with Gasteiger partial charge in [0, 0.05) is 63.1 Å². The van der Waals surface area contributed by atoms with Gasteiger partial charge >= 0.3 is 0 Å². The van der Waals surface area contributed by atoms with E-state index in [2.05, 4.69) is 51.2 Å². The largest absolute Gasteiger partial charge is 0.395 e. The Morgan fingerprint density at radius 3 is 2.22 bits per heavy atom. The predicted molar refractivity (Wildman–Crippen MR) is 143 cm³/mol. The minimum atomic E-state index is 0.0126. The van der Waals surface area contributed by atoms with Gasteiger partial charge in [0.15, 0.2) is 0 Å². The first kappa shape index (κ1) is 24.6. The number of nitrogens with zero attached hydrogens (tertiary/aromatic N) is 4. The molecule has 0 radical (unpaired) electrons. The number of amides is 1. The maximum absolute atomic E-state index is 12.2. The number of hydrogen-bond donors (Lipinski definition) is 1. The van der Waals surface area contributed by atoms with Crippen molar-refractivity contribution in [1.29, 1.82) is 0 Å². The molecule has 3 heterocycles. The van der Waals surface area contributed by atoms with Crippen LogP contribution in [-0.4, -0.2) is 83.1 Å². The van der Waals surface area contributed by atoms with Crippen LogP contribution >= 0.6 is 0 Å². The second-order valence-corrected chi connectivity index (χ2v) is 10.3. The lowest BCUT2D eigenvalue weighted by Gasteiger charge is -2.57. The third-order valence-corrected chi connectivity index (χ3v) is 7.78. The van der Waals surface area contributed by atoms with Gasteiger partial charge in [-0.15, -0.1) is 0 Å². The molecule has 2 saturated heterocycles. The Morgan fingerprint density at radius 1 is 0.944 bits per heavy atom. The van der Waals surface area contributed by atoms with E-state index in [9.17, 15) is 9.90 Å². The summed E-state index contributed by atoms with van der Waals surface area (Å²) in [5.41, 5.74) is 5.52. The van der Waals surface area contributed by atoms with Gasteiger partial charge in [-0.1, -0.05) is 36.4 Å². The fraction of sp³-hybridized carbons (Fsp3) is 0.400. The van der Waals surface area contributed by atoms with Crippen molar-refractivity contribution in [3.05, 3.63) is 89.7 Å². The van der Waals surface area contributed by atoms with E-state index in [-0.39, 0.29) is 18.6 Å². The summed E-state index contributed by atoms with van der Waals surface area (Å²) in [6.45, 7) is 4.30. The molecular formula is C30H36N4O2. The normalized spacial score (nSPS) is 22.7. The second-order valence-electron chi connectivity index (χ2n) is 10.3. The Kier molecular flexibility index (Phi) is 7.46. The van der Waals surface area contributed by atoms with Gasteiger partial charge in [0.05, 0.1) is 6.61 Å². The first-order valence-corrected chi connectivity index (χ1v) is 12.9. The van der Waals surface area contributed by atoms with Crippen molar-refractivity contribution < 1.29 is 9.90 Å². The maximum Gasteiger partial charge on any atom is 0.253 e. The van der Waals surface area contributed by atoms with E-state index in [0.717, 1.165) is 43.7 Å². The van der Waals surface area contributed by atoms with Crippen molar-refractivity contribution in [3.63, 3.8) is 0 Å². The first-order chi connectivity index (χ1) is 17.5. The van der Waals surface area contributed by atoms with Gasteiger partial charge < -0.3 is 10.0 Å². The van der Waals surface area contributed by atoms with E-state index in [1.165, 1.54) is 17.5 Å². The molecular weight excluding hydrogens is 448 g/mol. The molecule has 6 heteroatoms. The number of pyridine rings is 1. The summed E-state index contributed by atoms with van der Waals surface area (Å²) in [5.74, 6) is 0.334. The zero-order valence-electron chi connectivity index (χ0n) is 21.3. The molecule has 1 N–H and O–H groups in total. The maximum atomic E-state index is 12.2. The molecule has 0 unspecified atom stereocenters. The quantitative estimate of drug-likeness (QED) is 0.576. The number of carbonyl (C=O) groups excluding carboxylic acids is 1. The number of hydrogen-bond acceptors (Lipinski definition) is 5. The average molecular weight is 485 g/mol. The summed E-state index contributed by atoms with van der Waals surface area (Å²) < 4.78 is 0. The van der Waals surface area contributed by atoms with Crippen LogP contribution < -0.4 is 0 Å². The minimum Gasteiger partial charge on any atom is -0.395 e. The molecule has 0 bridgehead atoms. The van der Waals surface area contributed by atoms with Crippen LogP contribution in [0.15, 0.2) is 73.1 Å². The lowest BCUT2D eigenvalue weighted by molar-refractivity contribution is -0.0655. The molecule has 188 valence electrons. The van der Waals surface area contributed by atoms with Crippen LogP contribution in [0.1, 0.15) is 40.2 Å². The summed E-state index contributed by atoms with van der Waals surface area (Å²) in [6, 6.07) is 21.4. The lowest BCUT2D eigenvalue weighted by atomic mass is 9.74. The van der Waals surface area contributed by atoms with Gasteiger partial charge in [0.2, 0.25) is 0 Å². The van der Waals surface area contributed by atoms with Gasteiger partial charge in [-0.3, -0.25) is 19.6 Å². The minimum absolute atomic E-state index is 0.0126. The van der Waals surface area contributed by atoms with Crippen molar-refractivity contribution in [1.82, 2.24) is 19.7 Å². The summed E-state index contributed by atoms with van der Waals surface area (Å²) in [7, 11) is 3.54. The zero-order chi connectivity index (χ0) is 25.1. The Morgan fingerprint density at radius 2 is 1.58 bits per heavy atom. The van der Waals surface area contributed by atoms with Crippen LogP contribution in [0.3, 0.4) is 0 Å². The Bertz CT molecular complexity index is 1150. The smallest absolute Gasteiger partial charge is 0.253 e. The molecule has 6 nitrogen and oxygen atoms in total. The average Bonchev–Trinajstić information content (AvgIpc) is 2.89. The van der Waals surface area contributed by atoms with E-state index in [1.54, 1.807) is 19.0 Å². The number of aromatic nitrogens is 1. The van der Waals surface area contributed by atoms with Gasteiger partial charge in [0.1, 0.15) is 0 Å². The van der Waals surface area contributed by atoms with Crippen molar-refractivity contribution in [2.45, 2.75) is 37.4 Å².